The van der Waals surface area contributed by atoms with Crippen LogP contribution in [-0.2, 0) is 0 Å². The number of aromatic nitrogens is 2. The maximum atomic E-state index is 5.46. The van der Waals surface area contributed by atoms with Gasteiger partial charge < -0.3 is 10.1 Å². The molecule has 0 fully saturated rings. The molecule has 0 aliphatic heterocycles. The first-order valence-corrected chi connectivity index (χ1v) is 7.44. The molecule has 0 radical (unpaired) electrons. The van der Waals surface area contributed by atoms with Gasteiger partial charge in [0.15, 0.2) is 5.75 Å². The summed E-state index contributed by atoms with van der Waals surface area (Å²) >= 11 is 0. The van der Waals surface area contributed by atoms with Crippen LogP contribution in [-0.4, -0.2) is 23.9 Å². The summed E-state index contributed by atoms with van der Waals surface area (Å²) in [7, 11) is 3.73. The Morgan fingerprint density at radius 1 is 1.32 bits per heavy atom. The summed E-state index contributed by atoms with van der Waals surface area (Å²) in [5, 5.41) is 7.86. The predicted molar refractivity (Wildman–Crippen MR) is 79.7 cm³/mol. The molecule has 1 unspecified atom stereocenters. The molecule has 0 spiro atoms. The van der Waals surface area contributed by atoms with E-state index in [1.54, 1.807) is 7.11 Å². The van der Waals surface area contributed by atoms with Crippen molar-refractivity contribution in [1.29, 1.82) is 0 Å². The van der Waals surface area contributed by atoms with Crippen molar-refractivity contribution in [2.45, 2.75) is 65.0 Å². The summed E-state index contributed by atoms with van der Waals surface area (Å²) in [5.74, 6) is 0.892. The molecule has 4 nitrogen and oxygen atoms in total. The first-order chi connectivity index (χ1) is 9.15. The van der Waals surface area contributed by atoms with Crippen molar-refractivity contribution < 1.29 is 4.74 Å². The lowest BCUT2D eigenvalue weighted by Crippen LogP contribution is -2.22. The number of hydrogen-bond acceptors (Lipinski definition) is 3. The summed E-state index contributed by atoms with van der Waals surface area (Å²) < 4.78 is 7.53. The Morgan fingerprint density at radius 2 is 2.05 bits per heavy atom. The van der Waals surface area contributed by atoms with Crippen LogP contribution in [0.5, 0.6) is 5.75 Å². The average molecular weight is 267 g/mol. The smallest absolute Gasteiger partial charge is 0.161 e. The zero-order valence-corrected chi connectivity index (χ0v) is 13.1. The van der Waals surface area contributed by atoms with E-state index in [1.165, 1.54) is 31.4 Å². The van der Waals surface area contributed by atoms with Gasteiger partial charge >= 0.3 is 0 Å². The second kappa shape index (κ2) is 8.20. The van der Waals surface area contributed by atoms with Gasteiger partial charge in [-0.3, -0.25) is 4.68 Å². The van der Waals surface area contributed by atoms with Gasteiger partial charge in [-0.1, -0.05) is 32.6 Å². The normalized spacial score (nSPS) is 12.9. The van der Waals surface area contributed by atoms with Gasteiger partial charge in [0.1, 0.15) is 0 Å². The fourth-order valence-corrected chi connectivity index (χ4v) is 2.45. The van der Waals surface area contributed by atoms with Crippen LogP contribution in [0.25, 0.3) is 0 Å². The molecule has 0 aliphatic rings. The molecule has 1 heterocycles. The Hall–Kier alpha value is -1.03. The van der Waals surface area contributed by atoms with E-state index in [4.69, 9.17) is 4.74 Å². The second-order valence-electron chi connectivity index (χ2n) is 5.33. The van der Waals surface area contributed by atoms with Crippen LogP contribution < -0.4 is 10.1 Å². The molecule has 1 aromatic rings. The maximum Gasteiger partial charge on any atom is 0.161 e. The lowest BCUT2D eigenvalue weighted by molar-refractivity contribution is 0.379. The molecule has 0 saturated carbocycles. The van der Waals surface area contributed by atoms with Gasteiger partial charge in [-0.2, -0.15) is 5.10 Å². The highest BCUT2D eigenvalue weighted by molar-refractivity contribution is 5.28. The standard InChI is InChI=1S/C15H29N3O/c1-6-7-8-9-10-13(16-4)15-14(19-5)11-17-18(15)12(2)3/h11-13,16H,6-10H2,1-5H3. The van der Waals surface area contributed by atoms with Crippen LogP contribution in [0.3, 0.4) is 0 Å². The zero-order chi connectivity index (χ0) is 14.3. The van der Waals surface area contributed by atoms with Crippen LogP contribution in [0.4, 0.5) is 0 Å². The van der Waals surface area contributed by atoms with Gasteiger partial charge in [0.25, 0.3) is 0 Å². The summed E-state index contributed by atoms with van der Waals surface area (Å²) in [6, 6.07) is 0.669. The van der Waals surface area contributed by atoms with Crippen molar-refractivity contribution >= 4 is 0 Å². The quantitative estimate of drug-likeness (QED) is 0.693. The fourth-order valence-electron chi connectivity index (χ4n) is 2.45. The van der Waals surface area contributed by atoms with Crippen LogP contribution in [0.15, 0.2) is 6.20 Å². The molecule has 1 rings (SSSR count). The Kier molecular flexibility index (Phi) is 6.92. The predicted octanol–water partition coefficient (Wildman–Crippen LogP) is 3.70. The number of rotatable bonds is 9. The van der Waals surface area contributed by atoms with Crippen molar-refractivity contribution in [3.8, 4) is 5.75 Å². The van der Waals surface area contributed by atoms with E-state index in [1.807, 2.05) is 13.2 Å². The van der Waals surface area contributed by atoms with Crippen molar-refractivity contribution in [2.24, 2.45) is 0 Å². The largest absolute Gasteiger partial charge is 0.493 e. The second-order valence-corrected chi connectivity index (χ2v) is 5.33. The molecule has 0 amide bonds. The van der Waals surface area contributed by atoms with E-state index in [9.17, 15) is 0 Å². The van der Waals surface area contributed by atoms with E-state index >= 15 is 0 Å². The SMILES string of the molecule is CCCCCCC(NC)c1c(OC)cnn1C(C)C. The van der Waals surface area contributed by atoms with Crippen molar-refractivity contribution in [2.75, 3.05) is 14.2 Å². The van der Waals surface area contributed by atoms with E-state index in [0.717, 1.165) is 12.2 Å². The maximum absolute atomic E-state index is 5.46. The van der Waals surface area contributed by atoms with Crippen LogP contribution in [0.1, 0.15) is 70.7 Å². The Bertz CT molecular complexity index is 360. The van der Waals surface area contributed by atoms with Crippen LogP contribution in [0, 0.1) is 0 Å². The minimum Gasteiger partial charge on any atom is -0.493 e. The highest BCUT2D eigenvalue weighted by atomic mass is 16.5. The molecule has 1 N–H and O–H groups in total. The molecule has 19 heavy (non-hydrogen) atoms. The molecule has 0 saturated heterocycles. The Balaban J connectivity index is 2.80. The first-order valence-electron chi connectivity index (χ1n) is 7.44. The highest BCUT2D eigenvalue weighted by Gasteiger charge is 2.21. The molecule has 0 bridgehead atoms. The van der Waals surface area contributed by atoms with Crippen LogP contribution in [0.2, 0.25) is 0 Å². The third-order valence-corrected chi connectivity index (χ3v) is 3.53. The number of nitrogens with zero attached hydrogens (tertiary/aromatic N) is 2. The minimum absolute atomic E-state index is 0.316. The lowest BCUT2D eigenvalue weighted by Gasteiger charge is -2.21. The fraction of sp³-hybridized carbons (Fsp3) is 0.800. The number of nitrogens with one attached hydrogen (secondary N) is 1. The number of methoxy groups -OCH3 is 1. The van der Waals surface area contributed by atoms with Gasteiger partial charge in [-0.05, 0) is 27.3 Å². The van der Waals surface area contributed by atoms with Crippen LogP contribution >= 0.6 is 0 Å². The monoisotopic (exact) mass is 267 g/mol. The zero-order valence-electron chi connectivity index (χ0n) is 13.1. The van der Waals surface area contributed by atoms with E-state index in [-0.39, 0.29) is 0 Å². The van der Waals surface area contributed by atoms with Gasteiger partial charge in [0, 0.05) is 6.04 Å². The van der Waals surface area contributed by atoms with E-state index in [0.29, 0.717) is 12.1 Å². The molecule has 0 aliphatic carbocycles. The molecular weight excluding hydrogens is 238 g/mol. The number of hydrogen-bond donors (Lipinski definition) is 1. The third-order valence-electron chi connectivity index (χ3n) is 3.53. The van der Waals surface area contributed by atoms with Crippen molar-refractivity contribution in [3.63, 3.8) is 0 Å². The summed E-state index contributed by atoms with van der Waals surface area (Å²) in [4.78, 5) is 0. The Morgan fingerprint density at radius 3 is 2.58 bits per heavy atom. The molecule has 0 aromatic carbocycles. The minimum atomic E-state index is 0.316. The lowest BCUT2D eigenvalue weighted by atomic mass is 10.0. The highest BCUT2D eigenvalue weighted by Crippen LogP contribution is 2.30. The number of ether oxygens (including phenoxy) is 1. The topological polar surface area (TPSA) is 39.1 Å². The molecular formula is C15H29N3O. The average Bonchev–Trinajstić information content (AvgIpc) is 2.83. The van der Waals surface area contributed by atoms with Gasteiger partial charge in [-0.25, -0.2) is 0 Å². The van der Waals surface area contributed by atoms with E-state index in [2.05, 4.69) is 35.9 Å². The first kappa shape index (κ1) is 16.0. The van der Waals surface area contributed by atoms with Gasteiger partial charge in [0.2, 0.25) is 0 Å². The summed E-state index contributed by atoms with van der Waals surface area (Å²) in [5.41, 5.74) is 1.18. The Labute approximate surface area is 117 Å². The van der Waals surface area contributed by atoms with Gasteiger partial charge in [-0.15, -0.1) is 0 Å². The summed E-state index contributed by atoms with van der Waals surface area (Å²) in [6.07, 6.45) is 8.09. The van der Waals surface area contributed by atoms with E-state index < -0.39 is 0 Å². The molecule has 4 heteroatoms. The summed E-state index contributed by atoms with van der Waals surface area (Å²) in [6.45, 7) is 6.55. The number of unbranched alkanes of at least 4 members (excludes halogenated alkanes) is 3. The van der Waals surface area contributed by atoms with Crippen molar-refractivity contribution in [3.05, 3.63) is 11.9 Å². The molecule has 110 valence electrons. The molecule has 1 atom stereocenters. The molecule has 1 aromatic heterocycles. The third kappa shape index (κ3) is 4.23. The van der Waals surface area contributed by atoms with Crippen molar-refractivity contribution in [1.82, 2.24) is 15.1 Å². The van der Waals surface area contributed by atoms with Gasteiger partial charge in [0.05, 0.1) is 25.0 Å².